The van der Waals surface area contributed by atoms with Crippen LogP contribution in [0.4, 0.5) is 4.79 Å². The summed E-state index contributed by atoms with van der Waals surface area (Å²) in [4.78, 5) is 26.5. The number of thioether (sulfide) groups is 1. The number of hydrogen-bond donors (Lipinski definition) is 1. The number of hydrogen-bond acceptors (Lipinski definition) is 4. The minimum atomic E-state index is -0.258. The number of benzene rings is 1. The molecule has 0 atom stereocenters. The van der Waals surface area contributed by atoms with Gasteiger partial charge in [0.05, 0.1) is 9.38 Å². The maximum atomic E-state index is 12.6. The molecule has 7 heteroatoms. The summed E-state index contributed by atoms with van der Waals surface area (Å²) in [6.07, 6.45) is 7.35. The maximum Gasteiger partial charge on any atom is 0.293 e. The predicted molar refractivity (Wildman–Crippen MR) is 103 cm³/mol. The Labute approximate surface area is 161 Å². The first-order valence-electron chi connectivity index (χ1n) is 7.89. The molecule has 2 fully saturated rings. The molecule has 2 aliphatic rings. The number of carbonyl (C=O) groups excluding carboxylic acids is 2. The van der Waals surface area contributed by atoms with Gasteiger partial charge in [-0.15, -0.1) is 0 Å². The summed E-state index contributed by atoms with van der Waals surface area (Å²) in [5.74, 6) is 0.211. The van der Waals surface area contributed by atoms with Crippen molar-refractivity contribution in [3.8, 4) is 5.75 Å². The van der Waals surface area contributed by atoms with Crippen LogP contribution < -0.4 is 0 Å². The van der Waals surface area contributed by atoms with Crippen LogP contribution in [0, 0.1) is 5.92 Å². The van der Waals surface area contributed by atoms with E-state index in [1.54, 1.807) is 18.2 Å². The summed E-state index contributed by atoms with van der Waals surface area (Å²) in [6.45, 7) is 0.510. The molecule has 4 nitrogen and oxygen atoms in total. The molecule has 0 unspecified atom stereocenters. The first-order chi connectivity index (χ1) is 11.5. The molecule has 24 heavy (non-hydrogen) atoms. The zero-order valence-corrected chi connectivity index (χ0v) is 16.9. The summed E-state index contributed by atoms with van der Waals surface area (Å²) in [6, 6.07) is 3.44. The number of imide groups is 1. The highest BCUT2D eigenvalue weighted by Crippen LogP contribution is 2.38. The van der Waals surface area contributed by atoms with Gasteiger partial charge in [-0.3, -0.25) is 14.5 Å². The minimum absolute atomic E-state index is 0.0530. The molecule has 1 saturated carbocycles. The lowest BCUT2D eigenvalue weighted by Gasteiger charge is -2.25. The number of phenolic OH excluding ortho intramolecular Hbond substituents is 1. The molecule has 2 amide bonds. The summed E-state index contributed by atoms with van der Waals surface area (Å²) < 4.78 is 1.31. The summed E-state index contributed by atoms with van der Waals surface area (Å²) >= 11 is 7.58. The smallest absolute Gasteiger partial charge is 0.293 e. The van der Waals surface area contributed by atoms with Crippen molar-refractivity contribution in [2.45, 2.75) is 32.1 Å². The van der Waals surface area contributed by atoms with Crippen molar-refractivity contribution in [1.29, 1.82) is 0 Å². The second-order valence-corrected chi connectivity index (χ2v) is 8.89. The molecular weight excluding hydrogens is 458 g/mol. The Bertz CT molecular complexity index is 714. The number of aromatic hydroxyl groups is 1. The number of nitrogens with zero attached hydrogens (tertiary/aromatic N) is 1. The molecule has 128 valence electrons. The van der Waals surface area contributed by atoms with Gasteiger partial charge in [-0.25, -0.2) is 0 Å². The molecular formula is C17H17Br2NO3S. The minimum Gasteiger partial charge on any atom is -0.506 e. The topological polar surface area (TPSA) is 57.6 Å². The second kappa shape index (κ2) is 7.62. The Balaban J connectivity index is 1.80. The Kier molecular flexibility index (Phi) is 5.72. The van der Waals surface area contributed by atoms with Crippen LogP contribution in [0.5, 0.6) is 5.75 Å². The Morgan fingerprint density at radius 3 is 2.62 bits per heavy atom. The monoisotopic (exact) mass is 473 g/mol. The first-order valence-corrected chi connectivity index (χ1v) is 10.3. The van der Waals surface area contributed by atoms with Gasteiger partial charge in [-0.2, -0.15) is 0 Å². The van der Waals surface area contributed by atoms with Crippen LogP contribution >= 0.6 is 43.6 Å². The molecule has 0 radical (unpaired) electrons. The average Bonchev–Trinajstić information content (AvgIpc) is 2.81. The van der Waals surface area contributed by atoms with Crippen LogP contribution in [0.1, 0.15) is 37.7 Å². The Morgan fingerprint density at radius 2 is 1.92 bits per heavy atom. The summed E-state index contributed by atoms with van der Waals surface area (Å²) in [5, 5.41) is 9.91. The lowest BCUT2D eigenvalue weighted by Crippen LogP contribution is -2.34. The Morgan fingerprint density at radius 1 is 1.21 bits per heavy atom. The molecule has 1 saturated heterocycles. The normalized spacial score (nSPS) is 21.1. The van der Waals surface area contributed by atoms with Gasteiger partial charge in [-0.1, -0.05) is 35.2 Å². The first kappa shape index (κ1) is 18.0. The zero-order valence-electron chi connectivity index (χ0n) is 12.9. The second-order valence-electron chi connectivity index (χ2n) is 6.12. The lowest BCUT2D eigenvalue weighted by molar-refractivity contribution is -0.123. The third kappa shape index (κ3) is 3.89. The summed E-state index contributed by atoms with van der Waals surface area (Å²) in [7, 11) is 0. The van der Waals surface area contributed by atoms with Crippen LogP contribution in [0.25, 0.3) is 6.08 Å². The average molecular weight is 475 g/mol. The lowest BCUT2D eigenvalue weighted by atomic mass is 9.89. The molecule has 1 N–H and O–H groups in total. The van der Waals surface area contributed by atoms with E-state index in [4.69, 9.17) is 0 Å². The predicted octanol–water partition coefficient (Wildman–Crippen LogP) is 5.53. The van der Waals surface area contributed by atoms with Gasteiger partial charge in [0.15, 0.2) is 0 Å². The number of phenols is 1. The van der Waals surface area contributed by atoms with E-state index in [0.29, 0.717) is 27.4 Å². The number of carbonyl (C=O) groups is 2. The van der Waals surface area contributed by atoms with Crippen molar-refractivity contribution >= 4 is 60.8 Å². The quantitative estimate of drug-likeness (QED) is 0.584. The highest BCUT2D eigenvalue weighted by Gasteiger charge is 2.36. The van der Waals surface area contributed by atoms with Crippen LogP contribution in [-0.4, -0.2) is 27.7 Å². The standard InChI is InChI=1S/C17H17Br2NO3S/c18-12-6-11(15(21)13(19)8-12)7-14-16(22)20(17(23)24-14)9-10-4-2-1-3-5-10/h6-8,10,21H,1-5,9H2/b14-7+. The van der Waals surface area contributed by atoms with Crippen LogP contribution in [0.2, 0.25) is 0 Å². The fraction of sp³-hybridized carbons (Fsp3) is 0.412. The molecule has 1 aromatic carbocycles. The third-order valence-electron chi connectivity index (χ3n) is 4.38. The molecule has 0 spiro atoms. The van der Waals surface area contributed by atoms with Gasteiger partial charge in [0.1, 0.15) is 5.75 Å². The fourth-order valence-electron chi connectivity index (χ4n) is 3.12. The van der Waals surface area contributed by atoms with E-state index in [1.807, 2.05) is 0 Å². The molecule has 3 rings (SSSR count). The SMILES string of the molecule is O=C1S/C(=C/c2cc(Br)cc(Br)c2O)C(=O)N1CC1CCCCC1. The van der Waals surface area contributed by atoms with Crippen molar-refractivity contribution in [2.75, 3.05) is 6.54 Å². The van der Waals surface area contributed by atoms with Crippen LogP contribution in [-0.2, 0) is 4.79 Å². The molecule has 1 heterocycles. The van der Waals surface area contributed by atoms with E-state index in [0.717, 1.165) is 29.1 Å². The number of rotatable bonds is 3. The van der Waals surface area contributed by atoms with Gasteiger partial charge in [0.25, 0.3) is 11.1 Å². The maximum absolute atomic E-state index is 12.6. The van der Waals surface area contributed by atoms with Gasteiger partial charge < -0.3 is 5.11 Å². The van der Waals surface area contributed by atoms with Crippen molar-refractivity contribution < 1.29 is 14.7 Å². The van der Waals surface area contributed by atoms with E-state index in [1.165, 1.54) is 24.2 Å². The molecule has 0 bridgehead atoms. The van der Waals surface area contributed by atoms with Gasteiger partial charge in [0.2, 0.25) is 0 Å². The van der Waals surface area contributed by atoms with Gasteiger partial charge >= 0.3 is 0 Å². The largest absolute Gasteiger partial charge is 0.506 e. The third-order valence-corrected chi connectivity index (χ3v) is 6.35. The van der Waals surface area contributed by atoms with Gasteiger partial charge in [0, 0.05) is 16.6 Å². The summed E-state index contributed by atoms with van der Waals surface area (Å²) in [5.41, 5.74) is 0.499. The molecule has 1 aromatic rings. The van der Waals surface area contributed by atoms with E-state index in [9.17, 15) is 14.7 Å². The molecule has 1 aliphatic carbocycles. The fourth-order valence-corrected chi connectivity index (χ4v) is 5.22. The Hall–Kier alpha value is -0.790. The van der Waals surface area contributed by atoms with Crippen LogP contribution in [0.15, 0.2) is 26.0 Å². The zero-order chi connectivity index (χ0) is 17.3. The highest BCUT2D eigenvalue weighted by atomic mass is 79.9. The van der Waals surface area contributed by atoms with Crippen molar-refractivity contribution in [1.82, 2.24) is 4.90 Å². The highest BCUT2D eigenvalue weighted by molar-refractivity contribution is 9.11. The van der Waals surface area contributed by atoms with Crippen molar-refractivity contribution in [3.63, 3.8) is 0 Å². The van der Waals surface area contributed by atoms with Gasteiger partial charge in [-0.05, 0) is 64.7 Å². The van der Waals surface area contributed by atoms with E-state index < -0.39 is 0 Å². The number of amides is 2. The van der Waals surface area contributed by atoms with E-state index in [2.05, 4.69) is 31.9 Å². The molecule has 1 aliphatic heterocycles. The van der Waals surface area contributed by atoms with Crippen molar-refractivity contribution in [2.24, 2.45) is 5.92 Å². The van der Waals surface area contributed by atoms with E-state index in [-0.39, 0.29) is 16.9 Å². The van der Waals surface area contributed by atoms with E-state index >= 15 is 0 Å². The van der Waals surface area contributed by atoms with Crippen molar-refractivity contribution in [3.05, 3.63) is 31.5 Å². The van der Waals surface area contributed by atoms with Crippen LogP contribution in [0.3, 0.4) is 0 Å². The molecule has 0 aromatic heterocycles. The number of halogens is 2.